The summed E-state index contributed by atoms with van der Waals surface area (Å²) in [6.45, 7) is 12.0. The topological polar surface area (TPSA) is 150 Å². The third-order valence-electron chi connectivity index (χ3n) is 10.0. The first-order valence-electron chi connectivity index (χ1n) is 16.9. The second-order valence-electron chi connectivity index (χ2n) is 13.3. The lowest BCUT2D eigenvalue weighted by Gasteiger charge is -2.36. The molecule has 1 aromatic heterocycles. The molecule has 2 aliphatic rings. The Bertz CT molecular complexity index is 1400. The number of anilines is 1. The maximum absolute atomic E-state index is 15.7. The number of amides is 4. The molecule has 0 radical (unpaired) electrons. The van der Waals surface area contributed by atoms with E-state index in [2.05, 4.69) is 38.1 Å². The van der Waals surface area contributed by atoms with Crippen LogP contribution in [0.2, 0.25) is 0 Å². The molecule has 4 rings (SSSR count). The molecule has 1 aromatic carbocycles. The second-order valence-corrected chi connectivity index (χ2v) is 13.3. The maximum Gasteiger partial charge on any atom is 0.276 e. The molecular weight excluding hydrogens is 605 g/mol. The van der Waals surface area contributed by atoms with Gasteiger partial charge in [-0.05, 0) is 66.9 Å². The first-order valence-corrected chi connectivity index (χ1v) is 16.9. The van der Waals surface area contributed by atoms with Crippen molar-refractivity contribution in [1.29, 1.82) is 0 Å². The number of nitrogens with one attached hydrogen (secondary N) is 3. The molecule has 4 amide bonds. The zero-order valence-electron chi connectivity index (χ0n) is 28.5. The summed E-state index contributed by atoms with van der Waals surface area (Å²) in [6.07, 6.45) is 4.57. The minimum Gasteiger partial charge on any atom is -0.344 e. The fourth-order valence-corrected chi connectivity index (χ4v) is 6.56. The summed E-state index contributed by atoms with van der Waals surface area (Å²) < 4.78 is 20.5. The Kier molecular flexibility index (Phi) is 12.5. The number of nitrogens with zero attached hydrogens (tertiary/aromatic N) is 4. The molecular formula is C34H50FN7O5. The van der Waals surface area contributed by atoms with E-state index in [0.717, 1.165) is 38.8 Å². The number of hydrogen-bond donors (Lipinski definition) is 3. The summed E-state index contributed by atoms with van der Waals surface area (Å²) in [5, 5.41) is 15.9. The molecule has 1 saturated carbocycles. The number of rotatable bonds is 12. The van der Waals surface area contributed by atoms with Crippen LogP contribution in [-0.4, -0.2) is 89.1 Å². The van der Waals surface area contributed by atoms with Crippen molar-refractivity contribution >= 4 is 29.3 Å². The van der Waals surface area contributed by atoms with E-state index >= 15 is 4.39 Å². The van der Waals surface area contributed by atoms with Gasteiger partial charge in [0.25, 0.3) is 5.91 Å². The molecule has 258 valence electrons. The van der Waals surface area contributed by atoms with Gasteiger partial charge in [0, 0.05) is 38.5 Å². The van der Waals surface area contributed by atoms with Crippen LogP contribution in [0.25, 0.3) is 0 Å². The number of carbonyl (C=O) groups is 4. The van der Waals surface area contributed by atoms with Crippen molar-refractivity contribution in [1.82, 2.24) is 30.7 Å². The lowest BCUT2D eigenvalue weighted by atomic mass is 9.74. The van der Waals surface area contributed by atoms with Gasteiger partial charge in [-0.1, -0.05) is 58.7 Å². The first-order chi connectivity index (χ1) is 22.4. The van der Waals surface area contributed by atoms with Gasteiger partial charge in [0.05, 0.1) is 5.69 Å². The van der Waals surface area contributed by atoms with E-state index in [-0.39, 0.29) is 41.5 Å². The molecule has 1 aliphatic heterocycles. The molecule has 2 aromatic rings. The Balaban J connectivity index is 1.53. The minimum atomic E-state index is -0.963. The Morgan fingerprint density at radius 3 is 2.28 bits per heavy atom. The van der Waals surface area contributed by atoms with Crippen LogP contribution in [0.3, 0.4) is 0 Å². The van der Waals surface area contributed by atoms with E-state index in [0.29, 0.717) is 36.7 Å². The monoisotopic (exact) mass is 655 g/mol. The standard InChI is InChI=1S/C34H50FN7O5/c1-7-26-31(40-47-39-26)33(45)38-29(21(4)23-11-9-20(3)10-12-23)32(44)36-27-14-13-24(19-25(27)35)22(5)30(37-28(43)8-2)34(46)42-17-15-41(6)16-18-42/h13-14,19-23,29-30H,7-12,15-18H2,1-6H3,(H,36,44)(H,37,43)(H,38,45)/t20-,21-,22+,23-,29+,30-/m1/s1. The van der Waals surface area contributed by atoms with Gasteiger partial charge in [-0.3, -0.25) is 19.2 Å². The number of aromatic nitrogens is 2. The highest BCUT2D eigenvalue weighted by Gasteiger charge is 2.36. The zero-order chi connectivity index (χ0) is 34.2. The fraction of sp³-hybridized carbons (Fsp3) is 0.647. The van der Waals surface area contributed by atoms with E-state index in [1.165, 1.54) is 12.1 Å². The predicted octanol–water partition coefficient (Wildman–Crippen LogP) is 3.74. The molecule has 0 bridgehead atoms. The van der Waals surface area contributed by atoms with Crippen molar-refractivity contribution < 1.29 is 28.2 Å². The molecule has 4 atom stereocenters. The van der Waals surface area contributed by atoms with Crippen LogP contribution in [0.15, 0.2) is 22.8 Å². The number of hydrogen-bond acceptors (Lipinski definition) is 8. The average molecular weight is 656 g/mol. The zero-order valence-corrected chi connectivity index (χ0v) is 28.5. The molecule has 2 heterocycles. The Morgan fingerprint density at radius 2 is 1.66 bits per heavy atom. The number of likely N-dealkylation sites (N-methyl/N-ethyl adjacent to an activating group) is 1. The number of carbonyl (C=O) groups excluding carboxylic acids is 4. The summed E-state index contributed by atoms with van der Waals surface area (Å²) in [4.78, 5) is 56.9. The Hall–Kier alpha value is -3.87. The van der Waals surface area contributed by atoms with Crippen LogP contribution in [0.4, 0.5) is 10.1 Å². The summed E-state index contributed by atoms with van der Waals surface area (Å²) in [5.41, 5.74) is 0.863. The number of aryl methyl sites for hydroxylation is 1. The van der Waals surface area contributed by atoms with E-state index in [1.807, 2.05) is 20.9 Å². The first kappa shape index (κ1) is 36.0. The van der Waals surface area contributed by atoms with Crippen LogP contribution in [0.1, 0.15) is 94.4 Å². The minimum absolute atomic E-state index is 0.0233. The number of halogens is 1. The molecule has 47 heavy (non-hydrogen) atoms. The van der Waals surface area contributed by atoms with Crippen molar-refractivity contribution in [3.8, 4) is 0 Å². The van der Waals surface area contributed by atoms with E-state index in [1.54, 1.807) is 24.8 Å². The molecule has 1 saturated heterocycles. The normalized spacial score (nSPS) is 21.3. The quantitative estimate of drug-likeness (QED) is 0.313. The highest BCUT2D eigenvalue weighted by atomic mass is 19.1. The maximum atomic E-state index is 15.7. The molecule has 1 aliphatic carbocycles. The van der Waals surface area contributed by atoms with Gasteiger partial charge < -0.3 is 25.8 Å². The highest BCUT2D eigenvalue weighted by Crippen LogP contribution is 2.35. The Labute approximate surface area is 276 Å². The SMILES string of the molecule is CCC(=O)N[C@@H](C(=O)N1CCN(C)CC1)[C@@H](C)c1ccc(NC(=O)[C@@H](NC(=O)c2nonc2CC)[C@H](C)[C@H]2CC[C@H](C)CC2)c(F)c1. The van der Waals surface area contributed by atoms with Crippen molar-refractivity contribution in [2.45, 2.75) is 91.1 Å². The molecule has 0 spiro atoms. The van der Waals surface area contributed by atoms with Crippen molar-refractivity contribution in [3.05, 3.63) is 41.0 Å². The molecule has 12 nitrogen and oxygen atoms in total. The average Bonchev–Trinajstić information content (AvgIpc) is 3.56. The smallest absolute Gasteiger partial charge is 0.276 e. The van der Waals surface area contributed by atoms with E-state index < -0.39 is 35.6 Å². The third kappa shape index (κ3) is 8.94. The lowest BCUT2D eigenvalue weighted by Crippen LogP contribution is -2.55. The van der Waals surface area contributed by atoms with Gasteiger partial charge in [-0.25, -0.2) is 9.02 Å². The van der Waals surface area contributed by atoms with E-state index in [4.69, 9.17) is 4.63 Å². The largest absolute Gasteiger partial charge is 0.344 e. The predicted molar refractivity (Wildman–Crippen MR) is 175 cm³/mol. The van der Waals surface area contributed by atoms with Crippen molar-refractivity contribution in [2.75, 3.05) is 38.5 Å². The van der Waals surface area contributed by atoms with Gasteiger partial charge >= 0.3 is 0 Å². The molecule has 0 unspecified atom stereocenters. The van der Waals surface area contributed by atoms with Crippen LogP contribution >= 0.6 is 0 Å². The summed E-state index contributed by atoms with van der Waals surface area (Å²) in [5.74, 6) is -2.25. The van der Waals surface area contributed by atoms with Crippen molar-refractivity contribution in [3.63, 3.8) is 0 Å². The van der Waals surface area contributed by atoms with Gasteiger partial charge in [-0.15, -0.1) is 0 Å². The molecule has 2 fully saturated rings. The number of piperazine rings is 1. The molecule has 13 heteroatoms. The second kappa shape index (κ2) is 16.3. The van der Waals surface area contributed by atoms with E-state index in [9.17, 15) is 19.2 Å². The summed E-state index contributed by atoms with van der Waals surface area (Å²) >= 11 is 0. The van der Waals surface area contributed by atoms with Crippen LogP contribution in [0, 0.1) is 23.6 Å². The van der Waals surface area contributed by atoms with Crippen LogP contribution < -0.4 is 16.0 Å². The molecule has 3 N–H and O–H groups in total. The highest BCUT2D eigenvalue weighted by molar-refractivity contribution is 6.01. The Morgan fingerprint density at radius 1 is 0.979 bits per heavy atom. The number of benzene rings is 1. The fourth-order valence-electron chi connectivity index (χ4n) is 6.56. The van der Waals surface area contributed by atoms with Gasteiger partial charge in [0.15, 0.2) is 5.69 Å². The lowest BCUT2D eigenvalue weighted by molar-refractivity contribution is -0.138. The van der Waals surface area contributed by atoms with Gasteiger partial charge in [0.1, 0.15) is 23.6 Å². The summed E-state index contributed by atoms with van der Waals surface area (Å²) in [7, 11) is 1.99. The van der Waals surface area contributed by atoms with Gasteiger partial charge in [-0.2, -0.15) is 0 Å². The van der Waals surface area contributed by atoms with Crippen molar-refractivity contribution in [2.24, 2.45) is 17.8 Å². The van der Waals surface area contributed by atoms with Crippen LogP contribution in [-0.2, 0) is 20.8 Å². The van der Waals surface area contributed by atoms with Crippen LogP contribution in [0.5, 0.6) is 0 Å². The summed E-state index contributed by atoms with van der Waals surface area (Å²) in [6, 6.07) is 2.57. The third-order valence-corrected chi connectivity index (χ3v) is 10.0. The van der Waals surface area contributed by atoms with Gasteiger partial charge in [0.2, 0.25) is 17.7 Å².